The molecule has 0 bridgehead atoms. The molecule has 160 valence electrons. The van der Waals surface area contributed by atoms with E-state index in [0.717, 1.165) is 22.9 Å². The number of para-hydroxylation sites is 1. The van der Waals surface area contributed by atoms with Gasteiger partial charge in [0.05, 0.1) is 7.11 Å². The van der Waals surface area contributed by atoms with E-state index in [1.54, 1.807) is 24.3 Å². The van der Waals surface area contributed by atoms with E-state index in [2.05, 4.69) is 15.6 Å². The van der Waals surface area contributed by atoms with Crippen LogP contribution in [0, 0.1) is 11.8 Å². The lowest BCUT2D eigenvalue weighted by Gasteiger charge is -2.16. The molecule has 3 atom stereocenters. The Morgan fingerprint density at radius 1 is 1.13 bits per heavy atom. The van der Waals surface area contributed by atoms with Crippen LogP contribution in [0.1, 0.15) is 29.3 Å². The lowest BCUT2D eigenvalue weighted by atomic mass is 10.0. The fourth-order valence-corrected chi connectivity index (χ4v) is 3.72. The van der Waals surface area contributed by atoms with E-state index in [1.165, 1.54) is 7.11 Å². The zero-order valence-electron chi connectivity index (χ0n) is 17.5. The summed E-state index contributed by atoms with van der Waals surface area (Å²) in [4.78, 5) is 40.3. The standard InChI is InChI=1S/C24H25N3O4/c1-14-11-19(14)23(29)26-17-9-7-15(8-10-17)22(28)27-21(24(30)31-2)12-16-13-25-20-6-4-3-5-18(16)20/h3-10,13-14,19,21,25H,11-12H2,1-2H3,(H,26,29)(H,27,28)/t14?,19?,21-/m1/s1. The van der Waals surface area contributed by atoms with Crippen molar-refractivity contribution in [3.63, 3.8) is 0 Å². The normalized spacial score (nSPS) is 18.3. The number of ether oxygens (including phenoxy) is 1. The molecular weight excluding hydrogens is 394 g/mol. The van der Waals surface area contributed by atoms with Crippen molar-refractivity contribution in [3.8, 4) is 0 Å². The molecule has 3 N–H and O–H groups in total. The van der Waals surface area contributed by atoms with E-state index in [-0.39, 0.29) is 17.7 Å². The molecule has 1 aliphatic rings. The maximum absolute atomic E-state index is 12.7. The van der Waals surface area contributed by atoms with E-state index in [0.29, 0.717) is 23.6 Å². The minimum absolute atomic E-state index is 0.00851. The summed E-state index contributed by atoms with van der Waals surface area (Å²) in [7, 11) is 1.30. The van der Waals surface area contributed by atoms with Crippen molar-refractivity contribution < 1.29 is 19.1 Å². The first kappa shape index (κ1) is 20.7. The van der Waals surface area contributed by atoms with Crippen molar-refractivity contribution >= 4 is 34.4 Å². The van der Waals surface area contributed by atoms with Gasteiger partial charge in [0.1, 0.15) is 6.04 Å². The maximum atomic E-state index is 12.7. The van der Waals surface area contributed by atoms with Crippen molar-refractivity contribution in [3.05, 3.63) is 65.9 Å². The van der Waals surface area contributed by atoms with E-state index < -0.39 is 12.0 Å². The first-order valence-electron chi connectivity index (χ1n) is 10.3. The molecule has 3 aromatic rings. The minimum atomic E-state index is -0.826. The number of hydrogen-bond donors (Lipinski definition) is 3. The van der Waals surface area contributed by atoms with Crippen molar-refractivity contribution in [2.75, 3.05) is 12.4 Å². The van der Waals surface area contributed by atoms with E-state index in [1.807, 2.05) is 37.4 Å². The highest BCUT2D eigenvalue weighted by molar-refractivity contribution is 5.98. The number of esters is 1. The fraction of sp³-hybridized carbons (Fsp3) is 0.292. The first-order chi connectivity index (χ1) is 15.0. The zero-order valence-corrected chi connectivity index (χ0v) is 17.5. The van der Waals surface area contributed by atoms with Crippen LogP contribution in [-0.2, 0) is 20.7 Å². The van der Waals surface area contributed by atoms with Gasteiger partial charge in [-0.2, -0.15) is 0 Å². The molecule has 1 saturated carbocycles. The average molecular weight is 419 g/mol. The summed E-state index contributed by atoms with van der Waals surface area (Å²) in [6.07, 6.45) is 3.05. The number of methoxy groups -OCH3 is 1. The SMILES string of the molecule is COC(=O)[C@@H](Cc1c[nH]c2ccccc12)NC(=O)c1ccc(NC(=O)C2CC2C)cc1. The number of hydrogen-bond acceptors (Lipinski definition) is 4. The first-order valence-corrected chi connectivity index (χ1v) is 10.3. The van der Waals surface area contributed by atoms with Gasteiger partial charge in [-0.15, -0.1) is 0 Å². The number of aromatic nitrogens is 1. The molecule has 1 heterocycles. The molecule has 7 heteroatoms. The van der Waals surface area contributed by atoms with Crippen LogP contribution in [-0.4, -0.2) is 35.9 Å². The van der Waals surface area contributed by atoms with Crippen molar-refractivity contribution in [2.45, 2.75) is 25.8 Å². The van der Waals surface area contributed by atoms with Crippen LogP contribution in [0.3, 0.4) is 0 Å². The highest BCUT2D eigenvalue weighted by Gasteiger charge is 2.39. The molecule has 0 spiro atoms. The molecule has 4 rings (SSSR count). The van der Waals surface area contributed by atoms with Gasteiger partial charge < -0.3 is 20.4 Å². The second-order valence-corrected chi connectivity index (χ2v) is 8.00. The Morgan fingerprint density at radius 3 is 2.52 bits per heavy atom. The van der Waals surface area contributed by atoms with Crippen LogP contribution in [0.2, 0.25) is 0 Å². The van der Waals surface area contributed by atoms with Gasteiger partial charge in [-0.3, -0.25) is 9.59 Å². The lowest BCUT2D eigenvalue weighted by molar-refractivity contribution is -0.142. The van der Waals surface area contributed by atoms with Gasteiger partial charge in [0, 0.05) is 40.7 Å². The third-order valence-electron chi connectivity index (χ3n) is 5.75. The number of fused-ring (bicyclic) bond motifs is 1. The quantitative estimate of drug-likeness (QED) is 0.512. The largest absolute Gasteiger partial charge is 0.467 e. The molecule has 31 heavy (non-hydrogen) atoms. The van der Waals surface area contributed by atoms with Crippen molar-refractivity contribution in [1.82, 2.24) is 10.3 Å². The van der Waals surface area contributed by atoms with Crippen LogP contribution in [0.4, 0.5) is 5.69 Å². The van der Waals surface area contributed by atoms with E-state index in [9.17, 15) is 14.4 Å². The van der Waals surface area contributed by atoms with Gasteiger partial charge in [-0.25, -0.2) is 4.79 Å². The second kappa shape index (κ2) is 8.63. The number of H-pyrrole nitrogens is 1. The molecule has 0 aliphatic heterocycles. The number of amides is 2. The highest BCUT2D eigenvalue weighted by atomic mass is 16.5. The molecule has 1 aliphatic carbocycles. The minimum Gasteiger partial charge on any atom is -0.467 e. The van der Waals surface area contributed by atoms with E-state index in [4.69, 9.17) is 4.74 Å². The Morgan fingerprint density at radius 2 is 1.84 bits per heavy atom. The van der Waals surface area contributed by atoms with Gasteiger partial charge in [0.15, 0.2) is 0 Å². The van der Waals surface area contributed by atoms with Crippen LogP contribution < -0.4 is 10.6 Å². The summed E-state index contributed by atoms with van der Waals surface area (Å²) >= 11 is 0. The Hall–Kier alpha value is -3.61. The number of benzene rings is 2. The van der Waals surface area contributed by atoms with Crippen LogP contribution in [0.25, 0.3) is 10.9 Å². The number of carbonyl (C=O) groups is 3. The van der Waals surface area contributed by atoms with Gasteiger partial charge in [0.2, 0.25) is 5.91 Å². The molecule has 7 nitrogen and oxygen atoms in total. The molecular formula is C24H25N3O4. The van der Waals surface area contributed by atoms with Gasteiger partial charge >= 0.3 is 5.97 Å². The monoisotopic (exact) mass is 419 g/mol. The smallest absolute Gasteiger partial charge is 0.328 e. The van der Waals surface area contributed by atoms with Gasteiger partial charge in [-0.05, 0) is 48.2 Å². The number of nitrogens with one attached hydrogen (secondary N) is 3. The summed E-state index contributed by atoms with van der Waals surface area (Å²) in [5, 5.41) is 6.63. The molecule has 2 aromatic carbocycles. The lowest BCUT2D eigenvalue weighted by Crippen LogP contribution is -2.43. The molecule has 0 radical (unpaired) electrons. The summed E-state index contributed by atoms with van der Waals surface area (Å²) < 4.78 is 4.90. The Kier molecular flexibility index (Phi) is 5.75. The number of rotatable bonds is 7. The number of carbonyl (C=O) groups excluding carboxylic acids is 3. The predicted octanol–water partition coefficient (Wildman–Crippen LogP) is 3.28. The Balaban J connectivity index is 1.43. The van der Waals surface area contributed by atoms with Crippen LogP contribution in [0.15, 0.2) is 54.7 Å². The summed E-state index contributed by atoms with van der Waals surface area (Å²) in [6, 6.07) is 13.6. The van der Waals surface area contributed by atoms with E-state index >= 15 is 0 Å². The number of anilines is 1. The summed E-state index contributed by atoms with van der Waals surface area (Å²) in [6.45, 7) is 2.05. The predicted molar refractivity (Wildman–Crippen MR) is 118 cm³/mol. The highest BCUT2D eigenvalue weighted by Crippen LogP contribution is 2.38. The molecule has 1 fully saturated rings. The Labute approximate surface area is 180 Å². The Bertz CT molecular complexity index is 1120. The third kappa shape index (κ3) is 4.60. The topological polar surface area (TPSA) is 100 Å². The fourth-order valence-electron chi connectivity index (χ4n) is 3.72. The van der Waals surface area contributed by atoms with Crippen molar-refractivity contribution in [2.24, 2.45) is 11.8 Å². The summed E-state index contributed by atoms with van der Waals surface area (Å²) in [5.41, 5.74) is 2.92. The molecule has 0 saturated heterocycles. The van der Waals surface area contributed by atoms with Crippen LogP contribution >= 0.6 is 0 Å². The van der Waals surface area contributed by atoms with Crippen LogP contribution in [0.5, 0.6) is 0 Å². The zero-order chi connectivity index (χ0) is 22.0. The number of aromatic amines is 1. The third-order valence-corrected chi connectivity index (χ3v) is 5.75. The average Bonchev–Trinajstić information content (AvgIpc) is 3.39. The van der Waals surface area contributed by atoms with Crippen molar-refractivity contribution in [1.29, 1.82) is 0 Å². The second-order valence-electron chi connectivity index (χ2n) is 8.00. The summed E-state index contributed by atoms with van der Waals surface area (Å²) in [5.74, 6) is -0.384. The van der Waals surface area contributed by atoms with Gasteiger partial charge in [-0.1, -0.05) is 25.1 Å². The van der Waals surface area contributed by atoms with Gasteiger partial charge in [0.25, 0.3) is 5.91 Å². The molecule has 2 unspecified atom stereocenters. The maximum Gasteiger partial charge on any atom is 0.328 e. The molecule has 2 amide bonds. The molecule has 1 aromatic heterocycles.